The van der Waals surface area contributed by atoms with E-state index in [4.69, 9.17) is 5.26 Å². The molecule has 4 nitrogen and oxygen atoms in total. The van der Waals surface area contributed by atoms with Crippen LogP contribution >= 0.6 is 0 Å². The quantitative estimate of drug-likeness (QED) is 0.792. The Morgan fingerprint density at radius 3 is 2.40 bits per heavy atom. The van der Waals surface area contributed by atoms with E-state index in [2.05, 4.69) is 45.2 Å². The number of fused-ring (bicyclic) bond motifs is 5. The number of hydrogen-bond donors (Lipinski definition) is 0. The highest BCUT2D eigenvalue weighted by Gasteiger charge is 2.44. The summed E-state index contributed by atoms with van der Waals surface area (Å²) in [6.45, 7) is 1.91. The van der Waals surface area contributed by atoms with Crippen molar-refractivity contribution >= 4 is 5.95 Å². The minimum absolute atomic E-state index is 0.365. The minimum Gasteiger partial charge on any atom is -0.327 e. The fraction of sp³-hybridized carbons (Fsp3) is 0.312. The molecule has 0 saturated carbocycles. The van der Waals surface area contributed by atoms with Crippen LogP contribution in [0.4, 0.5) is 5.95 Å². The van der Waals surface area contributed by atoms with Gasteiger partial charge in [0.25, 0.3) is 0 Å². The van der Waals surface area contributed by atoms with Gasteiger partial charge in [-0.1, -0.05) is 24.3 Å². The zero-order valence-electron chi connectivity index (χ0n) is 11.2. The molecular weight excluding hydrogens is 248 g/mol. The van der Waals surface area contributed by atoms with Gasteiger partial charge in [-0.25, -0.2) is 9.97 Å². The van der Waals surface area contributed by atoms with Gasteiger partial charge in [0.2, 0.25) is 5.95 Å². The lowest BCUT2D eigenvalue weighted by atomic mass is 9.92. The number of hydrogen-bond acceptors (Lipinski definition) is 4. The molecule has 0 spiro atoms. The average Bonchev–Trinajstić information content (AvgIpc) is 3.03. The van der Waals surface area contributed by atoms with Gasteiger partial charge in [-0.15, -0.1) is 0 Å². The average molecular weight is 262 g/mol. The molecule has 20 heavy (non-hydrogen) atoms. The molecular formula is C16H14N4. The van der Waals surface area contributed by atoms with Gasteiger partial charge in [0, 0.05) is 5.69 Å². The van der Waals surface area contributed by atoms with E-state index in [1.54, 1.807) is 6.07 Å². The van der Waals surface area contributed by atoms with Gasteiger partial charge in [0.1, 0.15) is 11.8 Å². The maximum absolute atomic E-state index is 9.09. The van der Waals surface area contributed by atoms with E-state index >= 15 is 0 Å². The van der Waals surface area contributed by atoms with Gasteiger partial charge in [0.05, 0.1) is 12.1 Å². The molecule has 1 aromatic heterocycles. The van der Waals surface area contributed by atoms with Crippen molar-refractivity contribution in [2.45, 2.75) is 31.8 Å². The summed E-state index contributed by atoms with van der Waals surface area (Å²) in [7, 11) is 0. The van der Waals surface area contributed by atoms with Crippen LogP contribution in [0, 0.1) is 18.3 Å². The predicted molar refractivity (Wildman–Crippen MR) is 75.1 cm³/mol. The van der Waals surface area contributed by atoms with Gasteiger partial charge in [-0.2, -0.15) is 5.26 Å². The normalized spacial score (nSPS) is 22.7. The zero-order chi connectivity index (χ0) is 13.7. The molecule has 0 N–H and O–H groups in total. The Morgan fingerprint density at radius 1 is 1.15 bits per heavy atom. The van der Waals surface area contributed by atoms with Crippen molar-refractivity contribution in [3.8, 4) is 6.07 Å². The summed E-state index contributed by atoms with van der Waals surface area (Å²) in [5.41, 5.74) is 4.09. The van der Waals surface area contributed by atoms with Crippen molar-refractivity contribution in [3.63, 3.8) is 0 Å². The third-order valence-electron chi connectivity index (χ3n) is 4.29. The Hall–Kier alpha value is -2.41. The first-order valence-electron chi connectivity index (χ1n) is 6.91. The number of anilines is 1. The molecule has 4 heteroatoms. The molecule has 2 unspecified atom stereocenters. The van der Waals surface area contributed by atoms with Crippen LogP contribution in [-0.2, 0) is 0 Å². The Kier molecular flexibility index (Phi) is 2.31. The van der Waals surface area contributed by atoms with E-state index in [1.165, 1.54) is 11.1 Å². The Bertz CT molecular complexity index is 700. The number of nitriles is 1. The van der Waals surface area contributed by atoms with E-state index in [0.717, 1.165) is 18.5 Å². The van der Waals surface area contributed by atoms with Crippen LogP contribution in [0.2, 0.25) is 0 Å². The highest BCUT2D eigenvalue weighted by atomic mass is 15.3. The van der Waals surface area contributed by atoms with Gasteiger partial charge in [-0.05, 0) is 37.0 Å². The molecule has 98 valence electrons. The maximum Gasteiger partial charge on any atom is 0.227 e. The van der Waals surface area contributed by atoms with Crippen molar-refractivity contribution < 1.29 is 0 Å². The fourth-order valence-corrected chi connectivity index (χ4v) is 3.54. The summed E-state index contributed by atoms with van der Waals surface area (Å²) in [6, 6.07) is 13.2. The van der Waals surface area contributed by atoms with E-state index in [-0.39, 0.29) is 0 Å². The summed E-state index contributed by atoms with van der Waals surface area (Å²) in [4.78, 5) is 11.3. The van der Waals surface area contributed by atoms with Crippen LogP contribution in [0.15, 0.2) is 30.3 Å². The van der Waals surface area contributed by atoms with Crippen LogP contribution in [-0.4, -0.2) is 9.97 Å². The Balaban J connectivity index is 1.83. The van der Waals surface area contributed by atoms with Crippen LogP contribution in [0.3, 0.4) is 0 Å². The van der Waals surface area contributed by atoms with Crippen LogP contribution in [0.1, 0.15) is 47.4 Å². The van der Waals surface area contributed by atoms with Crippen LogP contribution in [0.25, 0.3) is 0 Å². The van der Waals surface area contributed by atoms with Gasteiger partial charge < -0.3 is 4.90 Å². The van der Waals surface area contributed by atoms with Crippen LogP contribution < -0.4 is 4.90 Å². The third kappa shape index (κ3) is 1.47. The first-order chi connectivity index (χ1) is 9.78. The Morgan fingerprint density at radius 2 is 1.80 bits per heavy atom. The maximum atomic E-state index is 9.09. The van der Waals surface area contributed by atoms with Crippen molar-refractivity contribution in [2.24, 2.45) is 0 Å². The minimum atomic E-state index is 0.365. The number of aromatic nitrogens is 2. The first-order valence-corrected chi connectivity index (χ1v) is 6.91. The smallest absolute Gasteiger partial charge is 0.227 e. The SMILES string of the molecule is Cc1cc(C#N)nc(N2C3CCC2c2ccccc23)n1. The molecule has 1 fully saturated rings. The molecule has 2 bridgehead atoms. The largest absolute Gasteiger partial charge is 0.327 e. The number of benzene rings is 1. The standard InChI is InChI=1S/C16H14N4/c1-10-8-11(9-17)19-16(18-10)20-14-6-7-15(20)13-5-3-2-4-12(13)14/h2-5,8,14-15H,6-7H2,1H3. The molecule has 0 radical (unpaired) electrons. The lowest BCUT2D eigenvalue weighted by Gasteiger charge is -2.22. The molecule has 0 aliphatic carbocycles. The van der Waals surface area contributed by atoms with Gasteiger partial charge >= 0.3 is 0 Å². The fourth-order valence-electron chi connectivity index (χ4n) is 3.54. The van der Waals surface area contributed by atoms with Gasteiger partial charge in [-0.3, -0.25) is 0 Å². The molecule has 2 atom stereocenters. The molecule has 1 aromatic carbocycles. The topological polar surface area (TPSA) is 52.8 Å². The highest BCUT2D eigenvalue weighted by Crippen LogP contribution is 2.53. The molecule has 0 amide bonds. The summed E-state index contributed by atoms with van der Waals surface area (Å²) < 4.78 is 0. The summed E-state index contributed by atoms with van der Waals surface area (Å²) in [6.07, 6.45) is 2.28. The summed E-state index contributed by atoms with van der Waals surface area (Å²) in [5, 5.41) is 9.09. The van der Waals surface area contributed by atoms with Crippen molar-refractivity contribution in [1.29, 1.82) is 5.26 Å². The second-order valence-corrected chi connectivity index (χ2v) is 5.45. The second-order valence-electron chi connectivity index (χ2n) is 5.45. The summed E-state index contributed by atoms with van der Waals surface area (Å²) >= 11 is 0. The van der Waals surface area contributed by atoms with E-state index in [0.29, 0.717) is 23.7 Å². The molecule has 3 heterocycles. The van der Waals surface area contributed by atoms with Crippen LogP contribution in [0.5, 0.6) is 0 Å². The number of aryl methyl sites for hydroxylation is 1. The second kappa shape index (κ2) is 4.04. The third-order valence-corrected chi connectivity index (χ3v) is 4.29. The highest BCUT2D eigenvalue weighted by molar-refractivity contribution is 5.54. The first kappa shape index (κ1) is 11.4. The molecule has 2 aliphatic rings. The molecule has 2 aliphatic heterocycles. The lowest BCUT2D eigenvalue weighted by molar-refractivity contribution is 0.712. The zero-order valence-corrected chi connectivity index (χ0v) is 11.2. The summed E-state index contributed by atoms with van der Waals surface area (Å²) in [5.74, 6) is 0.699. The van der Waals surface area contributed by atoms with Crippen molar-refractivity contribution in [2.75, 3.05) is 4.90 Å². The molecule has 2 aromatic rings. The lowest BCUT2D eigenvalue weighted by Crippen LogP contribution is -2.21. The molecule has 4 rings (SSSR count). The molecule has 1 saturated heterocycles. The number of rotatable bonds is 1. The van der Waals surface area contributed by atoms with Gasteiger partial charge in [0.15, 0.2) is 0 Å². The van der Waals surface area contributed by atoms with Crippen molar-refractivity contribution in [3.05, 3.63) is 52.8 Å². The number of nitrogens with zero attached hydrogens (tertiary/aromatic N) is 4. The Labute approximate surface area is 117 Å². The monoisotopic (exact) mass is 262 g/mol. The van der Waals surface area contributed by atoms with Crippen molar-refractivity contribution in [1.82, 2.24) is 9.97 Å². The predicted octanol–water partition coefficient (Wildman–Crippen LogP) is 3.05. The van der Waals surface area contributed by atoms with E-state index in [1.807, 2.05) is 6.92 Å². The van der Waals surface area contributed by atoms with E-state index in [9.17, 15) is 0 Å². The van der Waals surface area contributed by atoms with E-state index < -0.39 is 0 Å².